The number of hydrogen-bond acceptors (Lipinski definition) is 3. The summed E-state index contributed by atoms with van der Waals surface area (Å²) in [5, 5.41) is 3.45. The van der Waals surface area contributed by atoms with Gasteiger partial charge in [0.05, 0.1) is 5.02 Å². The fourth-order valence-electron chi connectivity index (χ4n) is 3.46. The van der Waals surface area contributed by atoms with Crippen molar-refractivity contribution in [2.75, 3.05) is 6.54 Å². The average molecular weight is 409 g/mol. The van der Waals surface area contributed by atoms with Crippen LogP contribution in [0.15, 0.2) is 65.1 Å². The first kappa shape index (κ1) is 19.3. The van der Waals surface area contributed by atoms with E-state index in [1.54, 1.807) is 18.2 Å². The third-order valence-electron chi connectivity index (χ3n) is 4.96. The predicted molar refractivity (Wildman–Crippen MR) is 111 cm³/mol. The standard InChI is InChI=1S/C23H21ClN2O3/c24-19-8-2-1-7-18(19)20-10-11-21(29-20)23(28)25-14-16-5-3-6-17(13-16)15-26-12-4-9-22(26)27/h1-3,5-8,10-11,13H,4,9,12,14-15H2,(H,25,28). The zero-order chi connectivity index (χ0) is 20.2. The van der Waals surface area contributed by atoms with Crippen molar-refractivity contribution in [1.82, 2.24) is 10.2 Å². The Labute approximate surface area is 174 Å². The maximum absolute atomic E-state index is 12.5. The first-order valence-corrected chi connectivity index (χ1v) is 9.96. The number of likely N-dealkylation sites (tertiary alicyclic amines) is 1. The van der Waals surface area contributed by atoms with Crippen LogP contribution in [0.2, 0.25) is 5.02 Å². The Morgan fingerprint density at radius 2 is 1.90 bits per heavy atom. The Morgan fingerprint density at radius 1 is 1.07 bits per heavy atom. The molecule has 0 bridgehead atoms. The van der Waals surface area contributed by atoms with E-state index in [1.807, 2.05) is 47.4 Å². The Balaban J connectivity index is 1.38. The maximum atomic E-state index is 12.5. The summed E-state index contributed by atoms with van der Waals surface area (Å²) < 4.78 is 5.68. The van der Waals surface area contributed by atoms with E-state index in [9.17, 15) is 9.59 Å². The van der Waals surface area contributed by atoms with Crippen LogP contribution in [0.4, 0.5) is 0 Å². The zero-order valence-electron chi connectivity index (χ0n) is 15.9. The van der Waals surface area contributed by atoms with E-state index in [4.69, 9.17) is 16.0 Å². The second kappa shape index (κ2) is 8.53. The second-order valence-corrected chi connectivity index (χ2v) is 7.47. The molecule has 5 nitrogen and oxygen atoms in total. The number of furan rings is 1. The summed E-state index contributed by atoms with van der Waals surface area (Å²) in [4.78, 5) is 26.1. The molecule has 0 radical (unpaired) electrons. The van der Waals surface area contributed by atoms with Crippen LogP contribution in [0.25, 0.3) is 11.3 Å². The van der Waals surface area contributed by atoms with Crippen LogP contribution in [0.1, 0.15) is 34.5 Å². The molecule has 148 valence electrons. The molecule has 1 aliphatic heterocycles. The predicted octanol–water partition coefficient (Wildman–Crippen LogP) is 4.65. The van der Waals surface area contributed by atoms with Crippen LogP contribution in [0.3, 0.4) is 0 Å². The maximum Gasteiger partial charge on any atom is 0.287 e. The Morgan fingerprint density at radius 3 is 2.69 bits per heavy atom. The van der Waals surface area contributed by atoms with Gasteiger partial charge in [-0.05, 0) is 41.8 Å². The molecule has 1 aromatic heterocycles. The molecule has 2 heterocycles. The van der Waals surface area contributed by atoms with Crippen molar-refractivity contribution < 1.29 is 14.0 Å². The van der Waals surface area contributed by atoms with Crippen LogP contribution in [0, 0.1) is 0 Å². The molecule has 2 amide bonds. The summed E-state index contributed by atoms with van der Waals surface area (Å²) in [5.41, 5.74) is 2.78. The molecule has 29 heavy (non-hydrogen) atoms. The lowest BCUT2D eigenvalue weighted by atomic mass is 10.1. The van der Waals surface area contributed by atoms with E-state index >= 15 is 0 Å². The normalized spacial score (nSPS) is 13.7. The second-order valence-electron chi connectivity index (χ2n) is 7.07. The molecule has 0 spiro atoms. The number of rotatable bonds is 6. The van der Waals surface area contributed by atoms with Gasteiger partial charge in [0, 0.05) is 31.6 Å². The lowest BCUT2D eigenvalue weighted by Crippen LogP contribution is -2.24. The van der Waals surface area contributed by atoms with Crippen LogP contribution in [-0.4, -0.2) is 23.3 Å². The smallest absolute Gasteiger partial charge is 0.287 e. The van der Waals surface area contributed by atoms with Gasteiger partial charge in [0.1, 0.15) is 5.76 Å². The van der Waals surface area contributed by atoms with Gasteiger partial charge in [0.2, 0.25) is 5.91 Å². The van der Waals surface area contributed by atoms with Gasteiger partial charge in [-0.25, -0.2) is 0 Å². The number of nitrogens with zero attached hydrogens (tertiary/aromatic N) is 1. The summed E-state index contributed by atoms with van der Waals surface area (Å²) >= 11 is 6.19. The number of nitrogens with one attached hydrogen (secondary N) is 1. The van der Waals surface area contributed by atoms with Gasteiger partial charge in [0.15, 0.2) is 5.76 Å². The Hall–Kier alpha value is -3.05. The third-order valence-corrected chi connectivity index (χ3v) is 5.29. The lowest BCUT2D eigenvalue weighted by molar-refractivity contribution is -0.128. The molecule has 0 aliphatic carbocycles. The topological polar surface area (TPSA) is 62.6 Å². The van der Waals surface area contributed by atoms with Gasteiger partial charge in [-0.1, -0.05) is 48.0 Å². The molecule has 0 saturated carbocycles. The summed E-state index contributed by atoms with van der Waals surface area (Å²) in [6, 6.07) is 18.6. The van der Waals surface area contributed by atoms with Crippen LogP contribution < -0.4 is 5.32 Å². The zero-order valence-corrected chi connectivity index (χ0v) is 16.6. The monoisotopic (exact) mass is 408 g/mol. The molecule has 2 aromatic carbocycles. The first-order valence-electron chi connectivity index (χ1n) is 9.59. The number of halogens is 1. The first-order chi connectivity index (χ1) is 14.1. The molecule has 0 unspecified atom stereocenters. The summed E-state index contributed by atoms with van der Waals surface area (Å²) in [6.45, 7) is 1.80. The summed E-state index contributed by atoms with van der Waals surface area (Å²) in [6.07, 6.45) is 1.56. The fourth-order valence-corrected chi connectivity index (χ4v) is 3.69. The van der Waals surface area contributed by atoms with E-state index in [1.165, 1.54) is 0 Å². The highest BCUT2D eigenvalue weighted by atomic mass is 35.5. The Kier molecular flexibility index (Phi) is 5.67. The average Bonchev–Trinajstić information content (AvgIpc) is 3.37. The van der Waals surface area contributed by atoms with Crippen molar-refractivity contribution in [2.24, 2.45) is 0 Å². The van der Waals surface area contributed by atoms with E-state index in [0.717, 1.165) is 29.7 Å². The van der Waals surface area contributed by atoms with E-state index in [2.05, 4.69) is 5.32 Å². The van der Waals surface area contributed by atoms with Crippen LogP contribution in [-0.2, 0) is 17.9 Å². The van der Waals surface area contributed by atoms with Crippen molar-refractivity contribution in [3.05, 3.63) is 82.6 Å². The largest absolute Gasteiger partial charge is 0.451 e. The molecular formula is C23H21ClN2O3. The highest BCUT2D eigenvalue weighted by molar-refractivity contribution is 6.33. The Bertz CT molecular complexity index is 1040. The highest BCUT2D eigenvalue weighted by Crippen LogP contribution is 2.29. The van der Waals surface area contributed by atoms with Crippen LogP contribution >= 0.6 is 11.6 Å². The van der Waals surface area contributed by atoms with Gasteiger partial charge in [-0.3, -0.25) is 9.59 Å². The lowest BCUT2D eigenvalue weighted by Gasteiger charge is -2.16. The minimum atomic E-state index is -0.288. The van der Waals surface area contributed by atoms with Crippen molar-refractivity contribution in [3.8, 4) is 11.3 Å². The number of hydrogen-bond donors (Lipinski definition) is 1. The molecule has 6 heteroatoms. The number of carbonyl (C=O) groups is 2. The van der Waals surface area contributed by atoms with Crippen LogP contribution in [0.5, 0.6) is 0 Å². The van der Waals surface area contributed by atoms with Crippen molar-refractivity contribution in [2.45, 2.75) is 25.9 Å². The van der Waals surface area contributed by atoms with Gasteiger partial charge in [-0.2, -0.15) is 0 Å². The molecule has 1 aliphatic rings. The molecule has 1 saturated heterocycles. The SMILES string of the molecule is O=C(NCc1cccc(CN2CCCC2=O)c1)c1ccc(-c2ccccc2Cl)o1. The van der Waals surface area contributed by atoms with Gasteiger partial charge in [-0.15, -0.1) is 0 Å². The molecule has 1 fully saturated rings. The highest BCUT2D eigenvalue weighted by Gasteiger charge is 2.20. The summed E-state index contributed by atoms with van der Waals surface area (Å²) in [7, 11) is 0. The van der Waals surface area contributed by atoms with Crippen molar-refractivity contribution in [3.63, 3.8) is 0 Å². The molecule has 3 aromatic rings. The minimum absolute atomic E-state index is 0.204. The van der Waals surface area contributed by atoms with Gasteiger partial charge >= 0.3 is 0 Å². The fraction of sp³-hybridized carbons (Fsp3) is 0.217. The number of carbonyl (C=O) groups excluding carboxylic acids is 2. The van der Waals surface area contributed by atoms with E-state index in [0.29, 0.717) is 30.3 Å². The quantitative estimate of drug-likeness (QED) is 0.645. The minimum Gasteiger partial charge on any atom is -0.451 e. The molecule has 4 rings (SSSR count). The number of benzene rings is 2. The molecule has 1 N–H and O–H groups in total. The third kappa shape index (κ3) is 4.51. The molecular weight excluding hydrogens is 388 g/mol. The van der Waals surface area contributed by atoms with E-state index < -0.39 is 0 Å². The molecule has 0 atom stereocenters. The van der Waals surface area contributed by atoms with Gasteiger partial charge in [0.25, 0.3) is 5.91 Å². The van der Waals surface area contributed by atoms with Crippen molar-refractivity contribution >= 4 is 23.4 Å². The van der Waals surface area contributed by atoms with Crippen molar-refractivity contribution in [1.29, 1.82) is 0 Å². The van der Waals surface area contributed by atoms with E-state index in [-0.39, 0.29) is 17.6 Å². The number of amides is 2. The summed E-state index contributed by atoms with van der Waals surface area (Å²) in [5.74, 6) is 0.705. The van der Waals surface area contributed by atoms with Gasteiger partial charge < -0.3 is 14.6 Å².